The maximum atomic E-state index is 11.3. The summed E-state index contributed by atoms with van der Waals surface area (Å²) in [5.41, 5.74) is 6.21. The van der Waals surface area contributed by atoms with Crippen LogP contribution < -0.4 is 0 Å². The summed E-state index contributed by atoms with van der Waals surface area (Å²) >= 11 is 6.13. The van der Waals surface area contributed by atoms with Crippen LogP contribution in [0.15, 0.2) is 24.3 Å². The van der Waals surface area contributed by atoms with Crippen molar-refractivity contribution in [1.82, 2.24) is 0 Å². The number of carbonyl (C=O) groups is 1. The zero-order valence-electron chi connectivity index (χ0n) is 12.0. The molecule has 0 aliphatic carbocycles. The molecule has 104 valence electrons. The van der Waals surface area contributed by atoms with Crippen LogP contribution in [0.4, 0.5) is 0 Å². The van der Waals surface area contributed by atoms with Crippen LogP contribution in [0.2, 0.25) is 5.02 Å². The number of carboxylic acids is 1. The molecule has 0 spiro atoms. The van der Waals surface area contributed by atoms with Crippen LogP contribution in [0.3, 0.4) is 0 Å². The van der Waals surface area contributed by atoms with Crippen molar-refractivity contribution in [2.75, 3.05) is 0 Å². The standard InChI is InChI=1S/C17H17ClO2/c1-9-5-10(2)15(17(19)20)8-14(9)13-6-12(4)16(18)7-11(13)3/h5-8H,1-4H3,(H,19,20). The molecular weight excluding hydrogens is 272 g/mol. The largest absolute Gasteiger partial charge is 0.478 e. The molecule has 0 atom stereocenters. The molecule has 0 aromatic heterocycles. The van der Waals surface area contributed by atoms with Gasteiger partial charge in [-0.15, -0.1) is 0 Å². The zero-order chi connectivity index (χ0) is 15.0. The van der Waals surface area contributed by atoms with E-state index in [1.54, 1.807) is 6.07 Å². The third kappa shape index (κ3) is 2.56. The highest BCUT2D eigenvalue weighted by atomic mass is 35.5. The van der Waals surface area contributed by atoms with E-state index in [4.69, 9.17) is 11.6 Å². The Morgan fingerprint density at radius 1 is 0.850 bits per heavy atom. The van der Waals surface area contributed by atoms with Crippen molar-refractivity contribution in [3.05, 3.63) is 57.1 Å². The van der Waals surface area contributed by atoms with E-state index in [9.17, 15) is 9.90 Å². The highest BCUT2D eigenvalue weighted by Gasteiger charge is 2.14. The van der Waals surface area contributed by atoms with E-state index in [-0.39, 0.29) is 0 Å². The van der Waals surface area contributed by atoms with Crippen molar-refractivity contribution in [1.29, 1.82) is 0 Å². The van der Waals surface area contributed by atoms with Gasteiger partial charge in [-0.25, -0.2) is 4.79 Å². The van der Waals surface area contributed by atoms with Crippen molar-refractivity contribution >= 4 is 17.6 Å². The molecule has 2 aromatic carbocycles. The number of halogens is 1. The second kappa shape index (κ2) is 5.29. The minimum Gasteiger partial charge on any atom is -0.478 e. The number of aromatic carboxylic acids is 1. The lowest BCUT2D eigenvalue weighted by Crippen LogP contribution is -2.02. The summed E-state index contributed by atoms with van der Waals surface area (Å²) in [6.07, 6.45) is 0. The van der Waals surface area contributed by atoms with Crippen LogP contribution in [0.25, 0.3) is 11.1 Å². The van der Waals surface area contributed by atoms with E-state index in [0.29, 0.717) is 5.56 Å². The SMILES string of the molecule is Cc1cc(-c2cc(C(=O)O)c(C)cc2C)c(C)cc1Cl. The van der Waals surface area contributed by atoms with Crippen LogP contribution in [0, 0.1) is 27.7 Å². The van der Waals surface area contributed by atoms with Gasteiger partial charge >= 0.3 is 5.97 Å². The highest BCUT2D eigenvalue weighted by Crippen LogP contribution is 2.32. The smallest absolute Gasteiger partial charge is 0.335 e. The highest BCUT2D eigenvalue weighted by molar-refractivity contribution is 6.31. The van der Waals surface area contributed by atoms with Crippen molar-refractivity contribution in [3.63, 3.8) is 0 Å². The number of aryl methyl sites for hydroxylation is 4. The zero-order valence-corrected chi connectivity index (χ0v) is 12.8. The molecule has 0 fully saturated rings. The van der Waals surface area contributed by atoms with E-state index >= 15 is 0 Å². The molecule has 0 unspecified atom stereocenters. The lowest BCUT2D eigenvalue weighted by Gasteiger charge is -2.14. The van der Waals surface area contributed by atoms with Crippen molar-refractivity contribution in [2.45, 2.75) is 27.7 Å². The van der Waals surface area contributed by atoms with Gasteiger partial charge in [-0.3, -0.25) is 0 Å². The molecule has 20 heavy (non-hydrogen) atoms. The number of benzene rings is 2. The molecule has 0 saturated carbocycles. The Morgan fingerprint density at radius 2 is 1.40 bits per heavy atom. The predicted molar refractivity (Wildman–Crippen MR) is 82.8 cm³/mol. The number of hydrogen-bond donors (Lipinski definition) is 1. The van der Waals surface area contributed by atoms with Crippen molar-refractivity contribution in [2.24, 2.45) is 0 Å². The topological polar surface area (TPSA) is 37.3 Å². The van der Waals surface area contributed by atoms with Crippen molar-refractivity contribution < 1.29 is 9.90 Å². The maximum absolute atomic E-state index is 11.3. The Morgan fingerprint density at radius 3 is 2.00 bits per heavy atom. The molecule has 0 saturated heterocycles. The summed E-state index contributed by atoms with van der Waals surface area (Å²) in [7, 11) is 0. The molecule has 0 aliphatic rings. The summed E-state index contributed by atoms with van der Waals surface area (Å²) in [4.78, 5) is 11.3. The van der Waals surface area contributed by atoms with Crippen LogP contribution >= 0.6 is 11.6 Å². The third-order valence-electron chi connectivity index (χ3n) is 3.60. The molecule has 0 radical (unpaired) electrons. The molecule has 0 bridgehead atoms. The number of rotatable bonds is 2. The first kappa shape index (κ1) is 14.6. The fraction of sp³-hybridized carbons (Fsp3) is 0.235. The molecule has 2 rings (SSSR count). The summed E-state index contributed by atoms with van der Waals surface area (Å²) in [5.74, 6) is -0.896. The molecule has 0 aliphatic heterocycles. The maximum Gasteiger partial charge on any atom is 0.335 e. The average molecular weight is 289 g/mol. The summed E-state index contributed by atoms with van der Waals surface area (Å²) in [5, 5.41) is 10.0. The van der Waals surface area contributed by atoms with E-state index in [0.717, 1.165) is 38.4 Å². The Hall–Kier alpha value is -1.80. The molecule has 3 heteroatoms. The molecule has 2 nitrogen and oxygen atoms in total. The van der Waals surface area contributed by atoms with Crippen LogP contribution in [-0.2, 0) is 0 Å². The second-order valence-electron chi connectivity index (χ2n) is 5.20. The van der Waals surface area contributed by atoms with Crippen LogP contribution in [0.1, 0.15) is 32.6 Å². The number of carboxylic acid groups (broad SMARTS) is 1. The molecule has 0 heterocycles. The fourth-order valence-electron chi connectivity index (χ4n) is 2.44. The normalized spacial score (nSPS) is 10.7. The van der Waals surface area contributed by atoms with Gasteiger partial charge in [0.2, 0.25) is 0 Å². The fourth-order valence-corrected chi connectivity index (χ4v) is 2.66. The van der Waals surface area contributed by atoms with E-state index in [1.807, 2.05) is 45.9 Å². The van der Waals surface area contributed by atoms with E-state index in [1.165, 1.54) is 0 Å². The van der Waals surface area contributed by atoms with E-state index in [2.05, 4.69) is 0 Å². The van der Waals surface area contributed by atoms with Crippen molar-refractivity contribution in [3.8, 4) is 11.1 Å². The van der Waals surface area contributed by atoms with Gasteiger partial charge in [0.1, 0.15) is 0 Å². The minimum absolute atomic E-state index is 0.345. The first-order valence-electron chi connectivity index (χ1n) is 6.43. The summed E-state index contributed by atoms with van der Waals surface area (Å²) < 4.78 is 0. The first-order valence-corrected chi connectivity index (χ1v) is 6.80. The molecule has 0 amide bonds. The van der Waals surface area contributed by atoms with Gasteiger partial charge in [-0.2, -0.15) is 0 Å². The van der Waals surface area contributed by atoms with Crippen LogP contribution in [0.5, 0.6) is 0 Å². The molecule has 2 aromatic rings. The Balaban J connectivity index is 2.73. The predicted octanol–water partition coefficient (Wildman–Crippen LogP) is 4.94. The average Bonchev–Trinajstić information content (AvgIpc) is 2.34. The Bertz CT molecular complexity index is 703. The summed E-state index contributed by atoms with van der Waals surface area (Å²) in [6.45, 7) is 7.75. The lowest BCUT2D eigenvalue weighted by molar-refractivity contribution is 0.0696. The summed E-state index contributed by atoms with van der Waals surface area (Å²) in [6, 6.07) is 7.61. The van der Waals surface area contributed by atoms with Gasteiger partial charge in [-0.05, 0) is 79.3 Å². The Kier molecular flexibility index (Phi) is 3.87. The van der Waals surface area contributed by atoms with E-state index < -0.39 is 5.97 Å². The third-order valence-corrected chi connectivity index (χ3v) is 4.00. The lowest BCUT2D eigenvalue weighted by atomic mass is 9.91. The van der Waals surface area contributed by atoms with Gasteiger partial charge in [0.15, 0.2) is 0 Å². The molecule has 1 N–H and O–H groups in total. The van der Waals surface area contributed by atoms with Crippen LogP contribution in [-0.4, -0.2) is 11.1 Å². The Labute approximate surface area is 124 Å². The van der Waals surface area contributed by atoms with Gasteiger partial charge in [0, 0.05) is 5.02 Å². The minimum atomic E-state index is -0.896. The monoisotopic (exact) mass is 288 g/mol. The van der Waals surface area contributed by atoms with Gasteiger partial charge in [0.25, 0.3) is 0 Å². The van der Waals surface area contributed by atoms with Gasteiger partial charge in [0.05, 0.1) is 5.56 Å². The second-order valence-corrected chi connectivity index (χ2v) is 5.61. The number of hydrogen-bond acceptors (Lipinski definition) is 1. The van der Waals surface area contributed by atoms with Gasteiger partial charge in [-0.1, -0.05) is 17.7 Å². The molecular formula is C17H17ClO2. The van der Waals surface area contributed by atoms with Gasteiger partial charge < -0.3 is 5.11 Å². The first-order chi connectivity index (χ1) is 9.31. The quantitative estimate of drug-likeness (QED) is 0.850.